The summed E-state index contributed by atoms with van der Waals surface area (Å²) in [6.07, 6.45) is 0.290. The molecule has 0 spiro atoms. The summed E-state index contributed by atoms with van der Waals surface area (Å²) in [6, 6.07) is 15.5. The molecule has 0 aliphatic heterocycles. The predicted octanol–water partition coefficient (Wildman–Crippen LogP) is 3.57. The van der Waals surface area contributed by atoms with Gasteiger partial charge in [-0.2, -0.15) is 5.26 Å². The predicted molar refractivity (Wildman–Crippen MR) is 108 cm³/mol. The minimum Gasteiger partial charge on any atom is -0.497 e. The van der Waals surface area contributed by atoms with Gasteiger partial charge < -0.3 is 19.5 Å². The molecule has 0 aliphatic rings. The Hall–Kier alpha value is -3.79. The van der Waals surface area contributed by atoms with Crippen molar-refractivity contribution in [1.82, 2.24) is 0 Å². The molecule has 7 heteroatoms. The third-order valence-corrected chi connectivity index (χ3v) is 3.83. The molecule has 1 N–H and O–H groups in total. The first kappa shape index (κ1) is 21.5. The SMILES string of the molecule is CCOc1ccc(NC(=O)[C@@H](C)OC(=O)/C(C#N)=C/c2cccc(OC)c2)cc1. The maximum Gasteiger partial charge on any atom is 0.349 e. The van der Waals surface area contributed by atoms with Crippen LogP contribution in [0.5, 0.6) is 11.5 Å². The van der Waals surface area contributed by atoms with E-state index in [4.69, 9.17) is 14.2 Å². The Balaban J connectivity index is 2.00. The summed E-state index contributed by atoms with van der Waals surface area (Å²) in [5.41, 5.74) is 0.914. The second-order valence-corrected chi connectivity index (χ2v) is 5.94. The van der Waals surface area contributed by atoms with Crippen LogP contribution in [0.4, 0.5) is 5.69 Å². The molecule has 150 valence electrons. The van der Waals surface area contributed by atoms with E-state index in [0.717, 1.165) is 0 Å². The third kappa shape index (κ3) is 6.40. The van der Waals surface area contributed by atoms with Gasteiger partial charge in [0.15, 0.2) is 6.10 Å². The summed E-state index contributed by atoms with van der Waals surface area (Å²) in [6.45, 7) is 3.86. The summed E-state index contributed by atoms with van der Waals surface area (Å²) in [5.74, 6) is -0.121. The molecule has 29 heavy (non-hydrogen) atoms. The van der Waals surface area contributed by atoms with Gasteiger partial charge in [0.25, 0.3) is 5.91 Å². The Morgan fingerprint density at radius 1 is 1.17 bits per heavy atom. The first-order chi connectivity index (χ1) is 14.0. The number of amides is 1. The van der Waals surface area contributed by atoms with E-state index in [-0.39, 0.29) is 5.57 Å². The first-order valence-corrected chi connectivity index (χ1v) is 8.97. The van der Waals surface area contributed by atoms with Crippen LogP contribution in [0, 0.1) is 11.3 Å². The van der Waals surface area contributed by atoms with Crippen LogP contribution < -0.4 is 14.8 Å². The quantitative estimate of drug-likeness (QED) is 0.418. The van der Waals surface area contributed by atoms with E-state index in [1.54, 1.807) is 54.6 Å². The van der Waals surface area contributed by atoms with Gasteiger partial charge in [-0.1, -0.05) is 12.1 Å². The maximum absolute atomic E-state index is 12.3. The first-order valence-electron chi connectivity index (χ1n) is 8.97. The van der Waals surface area contributed by atoms with Gasteiger partial charge >= 0.3 is 5.97 Å². The molecule has 0 radical (unpaired) electrons. The molecule has 0 saturated carbocycles. The topological polar surface area (TPSA) is 97.6 Å². The van der Waals surface area contributed by atoms with Gasteiger partial charge in [-0.25, -0.2) is 4.79 Å². The van der Waals surface area contributed by atoms with Crippen LogP contribution in [0.1, 0.15) is 19.4 Å². The van der Waals surface area contributed by atoms with E-state index in [0.29, 0.717) is 29.4 Å². The van der Waals surface area contributed by atoms with Gasteiger partial charge in [-0.05, 0) is 61.9 Å². The zero-order valence-corrected chi connectivity index (χ0v) is 16.5. The smallest absolute Gasteiger partial charge is 0.349 e. The summed E-state index contributed by atoms with van der Waals surface area (Å²) in [5, 5.41) is 11.9. The van der Waals surface area contributed by atoms with Crippen molar-refractivity contribution < 1.29 is 23.8 Å². The number of carbonyl (C=O) groups is 2. The van der Waals surface area contributed by atoms with Gasteiger partial charge in [0.1, 0.15) is 23.1 Å². The number of rotatable bonds is 8. The lowest BCUT2D eigenvalue weighted by Gasteiger charge is -2.13. The number of hydrogen-bond acceptors (Lipinski definition) is 6. The van der Waals surface area contributed by atoms with E-state index >= 15 is 0 Å². The highest BCUT2D eigenvalue weighted by Gasteiger charge is 2.20. The number of ether oxygens (including phenoxy) is 3. The van der Waals surface area contributed by atoms with Crippen molar-refractivity contribution in [1.29, 1.82) is 5.26 Å². The molecule has 1 amide bonds. The number of benzene rings is 2. The monoisotopic (exact) mass is 394 g/mol. The number of esters is 1. The molecule has 0 bridgehead atoms. The van der Waals surface area contributed by atoms with E-state index in [1.165, 1.54) is 20.1 Å². The number of nitriles is 1. The molecule has 7 nitrogen and oxygen atoms in total. The van der Waals surface area contributed by atoms with Crippen molar-refractivity contribution in [2.24, 2.45) is 0 Å². The van der Waals surface area contributed by atoms with Gasteiger partial charge in [0.05, 0.1) is 13.7 Å². The maximum atomic E-state index is 12.3. The third-order valence-electron chi connectivity index (χ3n) is 3.83. The second kappa shape index (κ2) is 10.5. The summed E-state index contributed by atoms with van der Waals surface area (Å²) >= 11 is 0. The van der Waals surface area contributed by atoms with Crippen LogP contribution in [0.15, 0.2) is 54.1 Å². The average molecular weight is 394 g/mol. The van der Waals surface area contributed by atoms with Crippen molar-refractivity contribution in [3.8, 4) is 17.6 Å². The highest BCUT2D eigenvalue weighted by molar-refractivity contribution is 6.01. The number of nitrogens with one attached hydrogen (secondary N) is 1. The number of anilines is 1. The lowest BCUT2D eigenvalue weighted by atomic mass is 10.1. The number of nitrogens with zero attached hydrogens (tertiary/aromatic N) is 1. The minimum atomic E-state index is -1.09. The number of methoxy groups -OCH3 is 1. The Morgan fingerprint density at radius 2 is 1.90 bits per heavy atom. The summed E-state index contributed by atoms with van der Waals surface area (Å²) in [7, 11) is 1.52. The Bertz CT molecular complexity index is 929. The molecular weight excluding hydrogens is 372 g/mol. The van der Waals surface area contributed by atoms with Crippen LogP contribution in [-0.2, 0) is 14.3 Å². The molecule has 0 heterocycles. The second-order valence-electron chi connectivity index (χ2n) is 5.94. The van der Waals surface area contributed by atoms with Gasteiger partial charge in [-0.15, -0.1) is 0 Å². The van der Waals surface area contributed by atoms with Crippen molar-refractivity contribution in [2.75, 3.05) is 19.0 Å². The van der Waals surface area contributed by atoms with Crippen molar-refractivity contribution in [3.05, 3.63) is 59.7 Å². The van der Waals surface area contributed by atoms with E-state index < -0.39 is 18.0 Å². The lowest BCUT2D eigenvalue weighted by molar-refractivity contribution is -0.148. The zero-order chi connectivity index (χ0) is 21.2. The Morgan fingerprint density at radius 3 is 2.52 bits per heavy atom. The number of hydrogen-bond donors (Lipinski definition) is 1. The molecule has 0 fully saturated rings. The molecule has 1 atom stereocenters. The Labute approximate surface area is 169 Å². The van der Waals surface area contributed by atoms with Crippen LogP contribution in [0.2, 0.25) is 0 Å². The molecule has 2 aromatic rings. The fraction of sp³-hybridized carbons (Fsp3) is 0.227. The minimum absolute atomic E-state index is 0.223. The molecule has 0 aliphatic carbocycles. The van der Waals surface area contributed by atoms with Crippen molar-refractivity contribution >= 4 is 23.6 Å². The van der Waals surface area contributed by atoms with E-state index in [9.17, 15) is 14.9 Å². The molecule has 2 aromatic carbocycles. The molecule has 2 rings (SSSR count). The van der Waals surface area contributed by atoms with E-state index in [1.807, 2.05) is 6.92 Å². The zero-order valence-electron chi connectivity index (χ0n) is 16.5. The van der Waals surface area contributed by atoms with Crippen molar-refractivity contribution in [2.45, 2.75) is 20.0 Å². The highest BCUT2D eigenvalue weighted by Crippen LogP contribution is 2.17. The Kier molecular flexibility index (Phi) is 7.80. The molecule has 0 unspecified atom stereocenters. The fourth-order valence-corrected chi connectivity index (χ4v) is 2.36. The molecular formula is C22H22N2O5. The van der Waals surface area contributed by atoms with Gasteiger partial charge in [0.2, 0.25) is 0 Å². The highest BCUT2D eigenvalue weighted by atomic mass is 16.5. The van der Waals surface area contributed by atoms with E-state index in [2.05, 4.69) is 5.32 Å². The number of carbonyl (C=O) groups excluding carboxylic acids is 2. The lowest BCUT2D eigenvalue weighted by Crippen LogP contribution is -2.30. The summed E-state index contributed by atoms with van der Waals surface area (Å²) < 4.78 is 15.6. The van der Waals surface area contributed by atoms with Crippen LogP contribution in [0.25, 0.3) is 6.08 Å². The standard InChI is InChI=1S/C22H22N2O5/c1-4-28-19-10-8-18(9-11-19)24-21(25)15(2)29-22(26)17(14-23)12-16-6-5-7-20(13-16)27-3/h5-13,15H,4H2,1-3H3,(H,24,25)/b17-12+/t15-/m1/s1. The van der Waals surface area contributed by atoms with Gasteiger partial charge in [-0.3, -0.25) is 4.79 Å². The summed E-state index contributed by atoms with van der Waals surface area (Å²) in [4.78, 5) is 24.5. The normalized spacial score (nSPS) is 11.7. The fourth-order valence-electron chi connectivity index (χ4n) is 2.36. The van der Waals surface area contributed by atoms with Gasteiger partial charge in [0, 0.05) is 5.69 Å². The van der Waals surface area contributed by atoms with Crippen LogP contribution in [-0.4, -0.2) is 31.7 Å². The largest absolute Gasteiger partial charge is 0.497 e. The average Bonchev–Trinajstić information content (AvgIpc) is 2.73. The van der Waals surface area contributed by atoms with Crippen LogP contribution >= 0.6 is 0 Å². The van der Waals surface area contributed by atoms with Crippen molar-refractivity contribution in [3.63, 3.8) is 0 Å². The molecule has 0 aromatic heterocycles. The molecule has 0 saturated heterocycles. The van der Waals surface area contributed by atoms with Crippen LogP contribution in [0.3, 0.4) is 0 Å².